The minimum absolute atomic E-state index is 0.112. The van der Waals surface area contributed by atoms with E-state index in [1.807, 2.05) is 18.6 Å². The summed E-state index contributed by atoms with van der Waals surface area (Å²) in [5.41, 5.74) is -0.749. The first-order valence-electron chi connectivity index (χ1n) is 6.86. The first kappa shape index (κ1) is 19.0. The second-order valence-electron chi connectivity index (χ2n) is 5.38. The van der Waals surface area contributed by atoms with Crippen molar-refractivity contribution in [3.8, 4) is 0 Å². The van der Waals surface area contributed by atoms with Crippen LogP contribution in [0, 0.1) is 3.70 Å². The van der Waals surface area contributed by atoms with E-state index < -0.39 is 27.5 Å². The maximum atomic E-state index is 13.1. The fourth-order valence-corrected chi connectivity index (χ4v) is 3.50. The number of benzene rings is 1. The highest BCUT2D eigenvalue weighted by molar-refractivity contribution is 14.1. The van der Waals surface area contributed by atoms with Gasteiger partial charge in [0.2, 0.25) is 0 Å². The van der Waals surface area contributed by atoms with E-state index in [1.54, 1.807) is 34.7 Å². The summed E-state index contributed by atoms with van der Waals surface area (Å²) < 4.78 is 66.0. The summed E-state index contributed by atoms with van der Waals surface area (Å²) >= 11 is 1.63. The van der Waals surface area contributed by atoms with Crippen molar-refractivity contribution in [2.24, 2.45) is 0 Å². The van der Waals surface area contributed by atoms with Gasteiger partial charge in [0.1, 0.15) is 3.70 Å². The molecule has 1 aromatic carbocycles. The Kier molecular flexibility index (Phi) is 5.43. The number of sulfonamides is 1. The van der Waals surface area contributed by atoms with Crippen LogP contribution in [-0.4, -0.2) is 13.4 Å². The quantitative estimate of drug-likeness (QED) is 0.524. The molecule has 0 aliphatic rings. The van der Waals surface area contributed by atoms with Gasteiger partial charge >= 0.3 is 6.18 Å². The first-order chi connectivity index (χ1) is 11.0. The molecule has 0 saturated heterocycles. The Bertz CT molecular complexity index is 835. The average molecular weight is 470 g/mol. The van der Waals surface area contributed by atoms with Crippen LogP contribution in [0.4, 0.5) is 18.9 Å². The Morgan fingerprint density at radius 3 is 2.25 bits per heavy atom. The average Bonchev–Trinajstić information content (AvgIpc) is 2.48. The Labute approximate surface area is 151 Å². The second kappa shape index (κ2) is 6.87. The lowest BCUT2D eigenvalue weighted by Gasteiger charge is -2.15. The van der Waals surface area contributed by atoms with Crippen molar-refractivity contribution in [1.82, 2.24) is 4.98 Å². The molecule has 2 aromatic rings. The maximum absolute atomic E-state index is 13.1. The SMILES string of the molecule is CC(C)c1ccc(S(=O)(=O)Nc2cnc(I)cc2C(F)(F)F)cc1. The predicted molar refractivity (Wildman–Crippen MR) is 93.3 cm³/mol. The molecule has 130 valence electrons. The van der Waals surface area contributed by atoms with E-state index >= 15 is 0 Å². The third-order valence-corrected chi connectivity index (χ3v) is 5.25. The van der Waals surface area contributed by atoms with Crippen LogP contribution in [0.15, 0.2) is 41.4 Å². The Morgan fingerprint density at radius 2 is 1.75 bits per heavy atom. The van der Waals surface area contributed by atoms with Gasteiger partial charge in [0, 0.05) is 0 Å². The Balaban J connectivity index is 2.39. The van der Waals surface area contributed by atoms with Gasteiger partial charge in [-0.1, -0.05) is 26.0 Å². The van der Waals surface area contributed by atoms with Gasteiger partial charge < -0.3 is 0 Å². The third kappa shape index (κ3) is 4.38. The van der Waals surface area contributed by atoms with Gasteiger partial charge in [-0.2, -0.15) is 13.2 Å². The van der Waals surface area contributed by atoms with Crippen LogP contribution in [0.2, 0.25) is 0 Å². The highest BCUT2D eigenvalue weighted by Crippen LogP contribution is 2.36. The van der Waals surface area contributed by atoms with Crippen LogP contribution in [-0.2, 0) is 16.2 Å². The number of nitrogens with one attached hydrogen (secondary N) is 1. The number of hydrogen-bond donors (Lipinski definition) is 1. The van der Waals surface area contributed by atoms with Crippen molar-refractivity contribution in [1.29, 1.82) is 0 Å². The van der Waals surface area contributed by atoms with Gasteiger partial charge in [0.05, 0.1) is 22.3 Å². The molecule has 4 nitrogen and oxygen atoms in total. The van der Waals surface area contributed by atoms with Crippen molar-refractivity contribution in [3.05, 3.63) is 51.4 Å². The zero-order valence-electron chi connectivity index (χ0n) is 12.7. The molecule has 0 radical (unpaired) electrons. The molecule has 24 heavy (non-hydrogen) atoms. The van der Waals surface area contributed by atoms with E-state index in [9.17, 15) is 21.6 Å². The van der Waals surface area contributed by atoms with Crippen molar-refractivity contribution in [3.63, 3.8) is 0 Å². The number of aromatic nitrogens is 1. The third-order valence-electron chi connectivity index (χ3n) is 3.28. The monoisotopic (exact) mass is 470 g/mol. The van der Waals surface area contributed by atoms with Crippen molar-refractivity contribution < 1.29 is 21.6 Å². The topological polar surface area (TPSA) is 59.1 Å². The standard InChI is InChI=1S/C15H14F3IN2O2S/c1-9(2)10-3-5-11(6-4-10)24(22,23)21-13-8-20-14(19)7-12(13)15(16,17)18/h3-9,21H,1-2H3. The number of alkyl halides is 3. The van der Waals surface area contributed by atoms with E-state index in [0.717, 1.165) is 17.8 Å². The van der Waals surface area contributed by atoms with Crippen LogP contribution in [0.5, 0.6) is 0 Å². The summed E-state index contributed by atoms with van der Waals surface area (Å²) in [7, 11) is -4.14. The molecule has 9 heteroatoms. The summed E-state index contributed by atoms with van der Waals surface area (Å²) in [5.74, 6) is 0.215. The molecule has 0 saturated carbocycles. The fourth-order valence-electron chi connectivity index (χ4n) is 1.98. The number of pyridine rings is 1. The summed E-state index contributed by atoms with van der Waals surface area (Å²) in [4.78, 5) is 3.62. The van der Waals surface area contributed by atoms with E-state index in [1.165, 1.54) is 12.1 Å². The summed E-state index contributed by atoms with van der Waals surface area (Å²) in [5, 5.41) is 0. The van der Waals surface area contributed by atoms with Gasteiger partial charge in [0.25, 0.3) is 10.0 Å². The molecule has 0 spiro atoms. The predicted octanol–water partition coefficient (Wildman–Crippen LogP) is 4.63. The molecule has 1 N–H and O–H groups in total. The minimum Gasteiger partial charge on any atom is -0.277 e. The molecule has 0 amide bonds. The lowest BCUT2D eigenvalue weighted by molar-refractivity contribution is -0.137. The van der Waals surface area contributed by atoms with Crippen LogP contribution in [0.3, 0.4) is 0 Å². The number of halogens is 4. The van der Waals surface area contributed by atoms with Crippen molar-refractivity contribution in [2.45, 2.75) is 30.8 Å². The molecule has 0 aliphatic carbocycles. The van der Waals surface area contributed by atoms with E-state index in [2.05, 4.69) is 4.98 Å². The van der Waals surface area contributed by atoms with Crippen molar-refractivity contribution in [2.75, 3.05) is 4.72 Å². The van der Waals surface area contributed by atoms with Gasteiger partial charge in [-0.25, -0.2) is 13.4 Å². The van der Waals surface area contributed by atoms with Gasteiger partial charge in [-0.3, -0.25) is 4.72 Å². The lowest BCUT2D eigenvalue weighted by atomic mass is 10.0. The number of hydrogen-bond acceptors (Lipinski definition) is 3. The molecule has 0 bridgehead atoms. The number of rotatable bonds is 4. The molecule has 0 aliphatic heterocycles. The Morgan fingerprint density at radius 1 is 1.17 bits per heavy atom. The molecule has 1 heterocycles. The molecule has 0 atom stereocenters. The van der Waals surface area contributed by atoms with Crippen LogP contribution in [0.25, 0.3) is 0 Å². The fraction of sp³-hybridized carbons (Fsp3) is 0.267. The van der Waals surface area contributed by atoms with Crippen LogP contribution < -0.4 is 4.72 Å². The largest absolute Gasteiger partial charge is 0.418 e. The van der Waals surface area contributed by atoms with Gasteiger partial charge in [-0.05, 0) is 52.3 Å². The Hall–Kier alpha value is -1.36. The zero-order valence-corrected chi connectivity index (χ0v) is 15.7. The molecule has 0 fully saturated rings. The molecule has 1 aromatic heterocycles. The summed E-state index contributed by atoms with van der Waals surface area (Å²) in [6.07, 6.45) is -3.83. The normalized spacial score (nSPS) is 12.5. The number of nitrogens with zero attached hydrogens (tertiary/aromatic N) is 1. The number of anilines is 1. The molecular weight excluding hydrogens is 456 g/mol. The van der Waals surface area contributed by atoms with Gasteiger partial charge in [0.15, 0.2) is 0 Å². The van der Waals surface area contributed by atoms with E-state index in [0.29, 0.717) is 0 Å². The second-order valence-corrected chi connectivity index (χ2v) is 8.17. The van der Waals surface area contributed by atoms with E-state index in [-0.39, 0.29) is 14.5 Å². The summed E-state index contributed by atoms with van der Waals surface area (Å²) in [6, 6.07) is 6.79. The van der Waals surface area contributed by atoms with Crippen LogP contribution >= 0.6 is 22.6 Å². The minimum atomic E-state index is -4.69. The summed E-state index contributed by atoms with van der Waals surface area (Å²) in [6.45, 7) is 3.91. The molecule has 0 unspecified atom stereocenters. The smallest absolute Gasteiger partial charge is 0.277 e. The molecular formula is C15H14F3IN2O2S. The highest BCUT2D eigenvalue weighted by Gasteiger charge is 2.35. The van der Waals surface area contributed by atoms with Crippen molar-refractivity contribution >= 4 is 38.3 Å². The zero-order chi connectivity index (χ0) is 18.1. The highest BCUT2D eigenvalue weighted by atomic mass is 127. The first-order valence-corrected chi connectivity index (χ1v) is 9.42. The maximum Gasteiger partial charge on any atom is 0.418 e. The van der Waals surface area contributed by atoms with E-state index in [4.69, 9.17) is 0 Å². The molecule has 2 rings (SSSR count). The van der Waals surface area contributed by atoms with Crippen LogP contribution in [0.1, 0.15) is 30.9 Å². The lowest BCUT2D eigenvalue weighted by Crippen LogP contribution is -2.18. The van der Waals surface area contributed by atoms with Gasteiger partial charge in [-0.15, -0.1) is 0 Å².